The summed E-state index contributed by atoms with van der Waals surface area (Å²) in [6, 6.07) is 14.3. The Hall–Kier alpha value is -3.39. The maximum absolute atomic E-state index is 11.8. The first kappa shape index (κ1) is 19.4. The van der Waals surface area contributed by atoms with Crippen LogP contribution in [0.3, 0.4) is 0 Å². The van der Waals surface area contributed by atoms with Gasteiger partial charge in [0.1, 0.15) is 5.75 Å². The van der Waals surface area contributed by atoms with Gasteiger partial charge in [0.05, 0.1) is 18.5 Å². The fourth-order valence-electron chi connectivity index (χ4n) is 2.61. The van der Waals surface area contributed by atoms with Crippen molar-refractivity contribution in [2.24, 2.45) is 0 Å². The summed E-state index contributed by atoms with van der Waals surface area (Å²) in [5, 5.41) is 12.6. The molecule has 28 heavy (non-hydrogen) atoms. The summed E-state index contributed by atoms with van der Waals surface area (Å²) in [4.78, 5) is 29.9. The SMILES string of the molecule is CNC(=O)c1cccc(-c2cnc(N(Cc3ccc(OC)cc3)C(=O)O)s2)c1. The number of thiazole rings is 1. The fraction of sp³-hybridized carbons (Fsp3) is 0.150. The fourth-order valence-corrected chi connectivity index (χ4v) is 3.52. The standard InChI is InChI=1S/C20H19N3O4S/c1-21-18(24)15-5-3-4-14(10-15)17-11-22-19(28-17)23(20(25)26)12-13-6-8-16(27-2)9-7-13/h3-11H,12H2,1-2H3,(H,21,24)(H,25,26). The Morgan fingerprint density at radius 2 is 1.96 bits per heavy atom. The zero-order valence-electron chi connectivity index (χ0n) is 15.4. The molecular formula is C20H19N3O4S. The number of amides is 2. The van der Waals surface area contributed by atoms with Crippen LogP contribution in [-0.2, 0) is 6.54 Å². The third kappa shape index (κ3) is 4.29. The van der Waals surface area contributed by atoms with Gasteiger partial charge in [-0.25, -0.2) is 14.7 Å². The predicted octanol–water partition coefficient (Wildman–Crippen LogP) is 3.86. The summed E-state index contributed by atoms with van der Waals surface area (Å²) in [6.07, 6.45) is 0.531. The molecule has 2 amide bonds. The molecule has 0 fully saturated rings. The van der Waals surface area contributed by atoms with Gasteiger partial charge in [-0.3, -0.25) is 4.79 Å². The predicted molar refractivity (Wildman–Crippen MR) is 108 cm³/mol. The molecule has 7 nitrogen and oxygen atoms in total. The van der Waals surface area contributed by atoms with Crippen molar-refractivity contribution < 1.29 is 19.4 Å². The lowest BCUT2D eigenvalue weighted by Gasteiger charge is -2.16. The zero-order chi connectivity index (χ0) is 20.1. The number of hydrogen-bond acceptors (Lipinski definition) is 5. The molecule has 0 aliphatic heterocycles. The molecule has 0 aliphatic carbocycles. The third-order valence-electron chi connectivity index (χ3n) is 4.09. The average Bonchev–Trinajstić information content (AvgIpc) is 3.21. The summed E-state index contributed by atoms with van der Waals surface area (Å²) in [5.41, 5.74) is 2.16. The van der Waals surface area contributed by atoms with Crippen LogP contribution in [0.25, 0.3) is 10.4 Å². The molecule has 0 saturated heterocycles. The Bertz CT molecular complexity index is 985. The normalized spacial score (nSPS) is 10.4. The number of carboxylic acid groups (broad SMARTS) is 1. The first-order chi connectivity index (χ1) is 13.5. The molecule has 0 aliphatic rings. The summed E-state index contributed by atoms with van der Waals surface area (Å²) >= 11 is 1.25. The molecule has 8 heteroatoms. The quantitative estimate of drug-likeness (QED) is 0.659. The number of rotatable bonds is 6. The maximum Gasteiger partial charge on any atom is 0.413 e. The second kappa shape index (κ2) is 8.53. The largest absolute Gasteiger partial charge is 0.497 e. The Morgan fingerprint density at radius 3 is 2.61 bits per heavy atom. The van der Waals surface area contributed by atoms with Crippen LogP contribution >= 0.6 is 11.3 Å². The van der Waals surface area contributed by atoms with Crippen LogP contribution in [0.1, 0.15) is 15.9 Å². The number of nitrogens with zero attached hydrogens (tertiary/aromatic N) is 2. The van der Waals surface area contributed by atoms with E-state index in [0.29, 0.717) is 16.4 Å². The van der Waals surface area contributed by atoms with Crippen LogP contribution in [0.4, 0.5) is 9.93 Å². The molecule has 0 radical (unpaired) electrons. The first-order valence-electron chi connectivity index (χ1n) is 8.43. The van der Waals surface area contributed by atoms with Crippen molar-refractivity contribution in [1.29, 1.82) is 0 Å². The number of carbonyl (C=O) groups excluding carboxylic acids is 1. The van der Waals surface area contributed by atoms with E-state index in [1.165, 1.54) is 16.2 Å². The maximum atomic E-state index is 11.8. The second-order valence-electron chi connectivity index (χ2n) is 5.88. The van der Waals surface area contributed by atoms with Gasteiger partial charge in [-0.15, -0.1) is 0 Å². The minimum atomic E-state index is -1.09. The highest BCUT2D eigenvalue weighted by atomic mass is 32.1. The number of nitrogens with one attached hydrogen (secondary N) is 1. The van der Waals surface area contributed by atoms with Gasteiger partial charge in [0, 0.05) is 18.8 Å². The van der Waals surface area contributed by atoms with Gasteiger partial charge in [0.2, 0.25) is 0 Å². The van der Waals surface area contributed by atoms with E-state index in [1.807, 2.05) is 18.2 Å². The van der Waals surface area contributed by atoms with Crippen LogP contribution < -0.4 is 15.0 Å². The minimum Gasteiger partial charge on any atom is -0.497 e. The van der Waals surface area contributed by atoms with Gasteiger partial charge in [-0.05, 0) is 35.4 Å². The van der Waals surface area contributed by atoms with E-state index in [2.05, 4.69) is 10.3 Å². The lowest BCUT2D eigenvalue weighted by molar-refractivity contribution is 0.0963. The molecule has 1 heterocycles. The molecular weight excluding hydrogens is 378 g/mol. The van der Waals surface area contributed by atoms with Crippen LogP contribution in [0.2, 0.25) is 0 Å². The number of aromatic nitrogens is 1. The van der Waals surface area contributed by atoms with Crippen molar-refractivity contribution >= 4 is 28.5 Å². The summed E-state index contributed by atoms with van der Waals surface area (Å²) < 4.78 is 5.12. The van der Waals surface area contributed by atoms with Crippen molar-refractivity contribution in [2.75, 3.05) is 19.1 Å². The Kier molecular flexibility index (Phi) is 5.90. The molecule has 144 valence electrons. The van der Waals surface area contributed by atoms with Crippen molar-refractivity contribution in [3.63, 3.8) is 0 Å². The Morgan fingerprint density at radius 1 is 1.21 bits per heavy atom. The number of benzene rings is 2. The van der Waals surface area contributed by atoms with Crippen molar-refractivity contribution in [3.05, 3.63) is 65.9 Å². The molecule has 0 bridgehead atoms. The van der Waals surface area contributed by atoms with Gasteiger partial charge in [0.15, 0.2) is 5.13 Å². The topological polar surface area (TPSA) is 91.8 Å². The van der Waals surface area contributed by atoms with Crippen molar-refractivity contribution in [3.8, 4) is 16.2 Å². The molecule has 0 spiro atoms. The minimum absolute atomic E-state index is 0.171. The highest BCUT2D eigenvalue weighted by Gasteiger charge is 2.19. The van der Waals surface area contributed by atoms with Gasteiger partial charge in [-0.2, -0.15) is 0 Å². The van der Waals surface area contributed by atoms with Crippen LogP contribution in [0.15, 0.2) is 54.7 Å². The Balaban J connectivity index is 1.85. The van der Waals surface area contributed by atoms with Crippen LogP contribution in [0, 0.1) is 0 Å². The van der Waals surface area contributed by atoms with E-state index >= 15 is 0 Å². The molecule has 2 aromatic carbocycles. The number of methoxy groups -OCH3 is 1. The third-order valence-corrected chi connectivity index (χ3v) is 5.16. The highest BCUT2D eigenvalue weighted by molar-refractivity contribution is 7.19. The van der Waals surface area contributed by atoms with E-state index in [4.69, 9.17) is 4.74 Å². The van der Waals surface area contributed by atoms with Crippen molar-refractivity contribution in [1.82, 2.24) is 10.3 Å². The molecule has 3 rings (SSSR count). The molecule has 0 saturated carbocycles. The van der Waals surface area contributed by atoms with Gasteiger partial charge in [0.25, 0.3) is 5.91 Å². The zero-order valence-corrected chi connectivity index (χ0v) is 16.2. The van der Waals surface area contributed by atoms with E-state index < -0.39 is 6.09 Å². The molecule has 1 aromatic heterocycles. The highest BCUT2D eigenvalue weighted by Crippen LogP contribution is 2.32. The molecule has 2 N–H and O–H groups in total. The molecule has 3 aromatic rings. The van der Waals surface area contributed by atoms with Gasteiger partial charge >= 0.3 is 6.09 Å². The van der Waals surface area contributed by atoms with Crippen LogP contribution in [-0.4, -0.2) is 36.2 Å². The summed E-state index contributed by atoms with van der Waals surface area (Å²) in [6.45, 7) is 0.171. The summed E-state index contributed by atoms with van der Waals surface area (Å²) in [7, 11) is 3.15. The van der Waals surface area contributed by atoms with E-state index in [1.54, 1.807) is 50.7 Å². The average molecular weight is 397 g/mol. The van der Waals surface area contributed by atoms with E-state index in [9.17, 15) is 14.7 Å². The summed E-state index contributed by atoms with van der Waals surface area (Å²) in [5.74, 6) is 0.524. The number of ether oxygens (including phenoxy) is 1. The lowest BCUT2D eigenvalue weighted by atomic mass is 10.1. The number of carbonyl (C=O) groups is 2. The van der Waals surface area contributed by atoms with Crippen LogP contribution in [0.5, 0.6) is 5.75 Å². The first-order valence-corrected chi connectivity index (χ1v) is 9.25. The molecule has 0 unspecified atom stereocenters. The van der Waals surface area contributed by atoms with E-state index in [0.717, 1.165) is 16.0 Å². The number of hydrogen-bond donors (Lipinski definition) is 2. The van der Waals surface area contributed by atoms with Gasteiger partial charge < -0.3 is 15.2 Å². The molecule has 0 atom stereocenters. The van der Waals surface area contributed by atoms with E-state index in [-0.39, 0.29) is 12.5 Å². The monoisotopic (exact) mass is 397 g/mol. The lowest BCUT2D eigenvalue weighted by Crippen LogP contribution is -2.28. The smallest absolute Gasteiger partial charge is 0.413 e. The second-order valence-corrected chi connectivity index (χ2v) is 6.89. The number of anilines is 1. The van der Waals surface area contributed by atoms with Crippen molar-refractivity contribution in [2.45, 2.75) is 6.54 Å². The van der Waals surface area contributed by atoms with Gasteiger partial charge in [-0.1, -0.05) is 35.6 Å². The Labute approximate surface area is 166 Å².